The lowest BCUT2D eigenvalue weighted by Crippen LogP contribution is -1.90. The Morgan fingerprint density at radius 3 is 2.60 bits per heavy atom. The highest BCUT2D eigenvalue weighted by Crippen LogP contribution is 2.13. The molecule has 0 saturated carbocycles. The van der Waals surface area contributed by atoms with E-state index in [0.717, 1.165) is 19.3 Å². The van der Waals surface area contributed by atoms with E-state index in [1.165, 1.54) is 16.3 Å². The molecule has 0 spiro atoms. The Bertz CT molecular complexity index is 405. The van der Waals surface area contributed by atoms with Crippen LogP contribution in [0.3, 0.4) is 0 Å². The Labute approximate surface area is 94.8 Å². The standard InChI is InChI=1S/C13H15NS/c1-2-12-10-15-13(14-12)9-8-11-6-4-3-5-7-11/h3-7,10H,2,8-9H2,1H3. The molecular weight excluding hydrogens is 202 g/mol. The van der Waals surface area contributed by atoms with E-state index >= 15 is 0 Å². The molecule has 0 radical (unpaired) electrons. The molecule has 0 fully saturated rings. The third kappa shape index (κ3) is 2.90. The maximum absolute atomic E-state index is 4.56. The van der Waals surface area contributed by atoms with Crippen molar-refractivity contribution in [1.29, 1.82) is 0 Å². The van der Waals surface area contributed by atoms with Gasteiger partial charge in [-0.3, -0.25) is 0 Å². The van der Waals surface area contributed by atoms with Crippen molar-refractivity contribution in [3.63, 3.8) is 0 Å². The average Bonchev–Trinajstić information content (AvgIpc) is 2.76. The molecule has 0 amide bonds. The maximum Gasteiger partial charge on any atom is 0.0931 e. The highest BCUT2D eigenvalue weighted by Gasteiger charge is 2.00. The van der Waals surface area contributed by atoms with Crippen molar-refractivity contribution in [1.82, 2.24) is 4.98 Å². The molecule has 1 nitrogen and oxygen atoms in total. The second-order valence-corrected chi connectivity index (χ2v) is 4.51. The molecule has 0 aliphatic rings. The molecule has 1 heterocycles. The van der Waals surface area contributed by atoms with E-state index < -0.39 is 0 Å². The van der Waals surface area contributed by atoms with Gasteiger partial charge in [-0.2, -0.15) is 0 Å². The maximum atomic E-state index is 4.56. The lowest BCUT2D eigenvalue weighted by Gasteiger charge is -1.97. The van der Waals surface area contributed by atoms with Crippen molar-refractivity contribution in [2.75, 3.05) is 0 Å². The summed E-state index contributed by atoms with van der Waals surface area (Å²) in [5, 5.41) is 3.43. The van der Waals surface area contributed by atoms with Gasteiger partial charge < -0.3 is 0 Å². The highest BCUT2D eigenvalue weighted by molar-refractivity contribution is 7.09. The van der Waals surface area contributed by atoms with Crippen LogP contribution >= 0.6 is 11.3 Å². The summed E-state index contributed by atoms with van der Waals surface area (Å²) >= 11 is 1.78. The zero-order valence-electron chi connectivity index (χ0n) is 8.94. The van der Waals surface area contributed by atoms with Gasteiger partial charge >= 0.3 is 0 Å². The second-order valence-electron chi connectivity index (χ2n) is 3.57. The van der Waals surface area contributed by atoms with Gasteiger partial charge in [-0.1, -0.05) is 37.3 Å². The van der Waals surface area contributed by atoms with E-state index in [1.807, 2.05) is 0 Å². The Morgan fingerprint density at radius 2 is 1.93 bits per heavy atom. The van der Waals surface area contributed by atoms with Gasteiger partial charge in [-0.15, -0.1) is 11.3 Å². The molecule has 2 heteroatoms. The molecule has 0 unspecified atom stereocenters. The fraction of sp³-hybridized carbons (Fsp3) is 0.308. The zero-order chi connectivity index (χ0) is 10.5. The average molecular weight is 217 g/mol. The number of hydrogen-bond acceptors (Lipinski definition) is 2. The van der Waals surface area contributed by atoms with Crippen molar-refractivity contribution < 1.29 is 0 Å². The molecule has 2 rings (SSSR count). The SMILES string of the molecule is CCc1csc(CCc2ccccc2)n1. The fourth-order valence-corrected chi connectivity index (χ4v) is 2.40. The summed E-state index contributed by atoms with van der Waals surface area (Å²) in [6.45, 7) is 2.15. The van der Waals surface area contributed by atoms with Gasteiger partial charge in [0.05, 0.1) is 10.7 Å². The number of rotatable bonds is 4. The first-order chi connectivity index (χ1) is 7.38. The molecule has 1 aromatic heterocycles. The first-order valence-corrected chi connectivity index (χ1v) is 6.23. The minimum absolute atomic E-state index is 1.04. The van der Waals surface area contributed by atoms with Crippen molar-refractivity contribution >= 4 is 11.3 Å². The van der Waals surface area contributed by atoms with E-state index in [2.05, 4.69) is 47.6 Å². The van der Waals surface area contributed by atoms with Crippen molar-refractivity contribution in [3.8, 4) is 0 Å². The first-order valence-electron chi connectivity index (χ1n) is 5.35. The summed E-state index contributed by atoms with van der Waals surface area (Å²) in [6.07, 6.45) is 3.20. The minimum atomic E-state index is 1.04. The topological polar surface area (TPSA) is 12.9 Å². The van der Waals surface area contributed by atoms with Crippen LogP contribution in [0.2, 0.25) is 0 Å². The van der Waals surface area contributed by atoms with E-state index in [1.54, 1.807) is 11.3 Å². The smallest absolute Gasteiger partial charge is 0.0931 e. The van der Waals surface area contributed by atoms with Gasteiger partial charge in [0.1, 0.15) is 0 Å². The van der Waals surface area contributed by atoms with Crippen LogP contribution in [-0.2, 0) is 19.3 Å². The molecule has 78 valence electrons. The Balaban J connectivity index is 1.93. The van der Waals surface area contributed by atoms with Gasteiger partial charge in [-0.05, 0) is 18.4 Å². The third-order valence-electron chi connectivity index (χ3n) is 2.43. The summed E-state index contributed by atoms with van der Waals surface area (Å²) in [6, 6.07) is 10.6. The van der Waals surface area contributed by atoms with Crippen LogP contribution < -0.4 is 0 Å². The normalized spacial score (nSPS) is 10.5. The zero-order valence-corrected chi connectivity index (χ0v) is 9.76. The Kier molecular flexibility index (Phi) is 3.51. The molecule has 1 aromatic carbocycles. The van der Waals surface area contributed by atoms with E-state index in [4.69, 9.17) is 0 Å². The highest BCUT2D eigenvalue weighted by atomic mass is 32.1. The van der Waals surface area contributed by atoms with Gasteiger partial charge in [0.15, 0.2) is 0 Å². The summed E-state index contributed by atoms with van der Waals surface area (Å²) in [4.78, 5) is 4.56. The van der Waals surface area contributed by atoms with Crippen LogP contribution in [0, 0.1) is 0 Å². The minimum Gasteiger partial charge on any atom is -0.246 e. The van der Waals surface area contributed by atoms with Crippen LogP contribution in [0.15, 0.2) is 35.7 Å². The van der Waals surface area contributed by atoms with Crippen LogP contribution in [0.5, 0.6) is 0 Å². The number of thiazole rings is 1. The summed E-state index contributed by atoms with van der Waals surface area (Å²) in [5.41, 5.74) is 2.62. The van der Waals surface area contributed by atoms with Gasteiger partial charge in [0, 0.05) is 11.8 Å². The number of aromatic nitrogens is 1. The lowest BCUT2D eigenvalue weighted by atomic mass is 10.1. The summed E-state index contributed by atoms with van der Waals surface area (Å²) in [7, 11) is 0. The second kappa shape index (κ2) is 5.08. The van der Waals surface area contributed by atoms with Gasteiger partial charge in [0.25, 0.3) is 0 Å². The Morgan fingerprint density at radius 1 is 1.13 bits per heavy atom. The van der Waals surface area contributed by atoms with Gasteiger partial charge in [0.2, 0.25) is 0 Å². The predicted molar refractivity (Wildman–Crippen MR) is 65.3 cm³/mol. The molecule has 0 aliphatic carbocycles. The van der Waals surface area contributed by atoms with E-state index in [0.29, 0.717) is 0 Å². The largest absolute Gasteiger partial charge is 0.246 e. The molecule has 0 bridgehead atoms. The molecular formula is C13H15NS. The van der Waals surface area contributed by atoms with Crippen molar-refractivity contribution in [2.45, 2.75) is 26.2 Å². The van der Waals surface area contributed by atoms with Crippen LogP contribution in [-0.4, -0.2) is 4.98 Å². The first kappa shape index (κ1) is 10.4. The van der Waals surface area contributed by atoms with Crippen molar-refractivity contribution in [2.24, 2.45) is 0 Å². The number of benzene rings is 1. The molecule has 0 saturated heterocycles. The van der Waals surface area contributed by atoms with Crippen LogP contribution in [0.4, 0.5) is 0 Å². The van der Waals surface area contributed by atoms with Crippen LogP contribution in [0.25, 0.3) is 0 Å². The monoisotopic (exact) mass is 217 g/mol. The molecule has 0 aliphatic heterocycles. The number of hydrogen-bond donors (Lipinski definition) is 0. The molecule has 2 aromatic rings. The Hall–Kier alpha value is -1.15. The number of nitrogens with zero attached hydrogens (tertiary/aromatic N) is 1. The lowest BCUT2D eigenvalue weighted by molar-refractivity contribution is 0.922. The van der Waals surface area contributed by atoms with Gasteiger partial charge in [-0.25, -0.2) is 4.98 Å². The predicted octanol–water partition coefficient (Wildman–Crippen LogP) is 3.49. The van der Waals surface area contributed by atoms with E-state index in [9.17, 15) is 0 Å². The fourth-order valence-electron chi connectivity index (χ4n) is 1.52. The van der Waals surface area contributed by atoms with Crippen molar-refractivity contribution in [3.05, 3.63) is 52.0 Å². The summed E-state index contributed by atoms with van der Waals surface area (Å²) < 4.78 is 0. The molecule has 0 atom stereocenters. The number of aryl methyl sites for hydroxylation is 3. The third-order valence-corrected chi connectivity index (χ3v) is 3.39. The summed E-state index contributed by atoms with van der Waals surface area (Å²) in [5.74, 6) is 0. The molecule has 15 heavy (non-hydrogen) atoms. The quantitative estimate of drug-likeness (QED) is 0.764. The van der Waals surface area contributed by atoms with E-state index in [-0.39, 0.29) is 0 Å². The molecule has 0 N–H and O–H groups in total. The van der Waals surface area contributed by atoms with Crippen LogP contribution in [0.1, 0.15) is 23.2 Å².